The fraction of sp³-hybridized carbons (Fsp3) is 0.314. The molecule has 0 radical (unpaired) electrons. The molecule has 1 fully saturated rings. The smallest absolute Gasteiger partial charge is 0.169 e. The number of rotatable bonds is 11. The van der Waals surface area contributed by atoms with Crippen molar-refractivity contribution in [3.05, 3.63) is 88.5 Å². The third-order valence-electron chi connectivity index (χ3n) is 8.18. The second kappa shape index (κ2) is 13.8. The van der Waals surface area contributed by atoms with Crippen LogP contribution in [0.5, 0.6) is 28.7 Å². The zero-order chi connectivity index (χ0) is 30.3. The number of phenolic OH excluding ortho intramolecular Hbond substituents is 5. The second-order valence-electron chi connectivity index (χ2n) is 11.1. The minimum absolute atomic E-state index is 0.139. The van der Waals surface area contributed by atoms with Crippen LogP contribution in [-0.2, 0) is 24.1 Å². The van der Waals surface area contributed by atoms with E-state index in [0.29, 0.717) is 41.0 Å². The van der Waals surface area contributed by atoms with E-state index in [9.17, 15) is 25.5 Å². The molecule has 1 saturated heterocycles. The molecule has 1 aliphatic rings. The largest absolute Gasteiger partial charge is 0.507 e. The maximum Gasteiger partial charge on any atom is 0.169 e. The van der Waals surface area contributed by atoms with E-state index in [1.165, 1.54) is 23.8 Å². The quantitative estimate of drug-likeness (QED) is 0.0874. The molecule has 2 unspecified atom stereocenters. The van der Waals surface area contributed by atoms with Crippen molar-refractivity contribution in [1.29, 1.82) is 0 Å². The number of aliphatic hydroxyl groups excluding tert-OH is 1. The number of phenols is 5. The van der Waals surface area contributed by atoms with Gasteiger partial charge in [0.15, 0.2) is 23.0 Å². The number of fused-ring (bicyclic) bond motifs is 1. The maximum absolute atomic E-state index is 11.1. The lowest BCUT2D eigenvalue weighted by molar-refractivity contribution is -0.00622. The first-order valence-electron chi connectivity index (χ1n) is 14.8. The predicted molar refractivity (Wildman–Crippen MR) is 167 cm³/mol. The average molecular weight is 586 g/mol. The van der Waals surface area contributed by atoms with Crippen LogP contribution < -0.4 is 5.32 Å². The van der Waals surface area contributed by atoms with Gasteiger partial charge in [0.1, 0.15) is 5.75 Å². The Morgan fingerprint density at radius 3 is 2.37 bits per heavy atom. The van der Waals surface area contributed by atoms with Crippen LogP contribution in [0.1, 0.15) is 53.5 Å². The average Bonchev–Trinajstić information content (AvgIpc) is 3.02. The summed E-state index contributed by atoms with van der Waals surface area (Å²) in [6.07, 6.45) is 8.32. The molecule has 8 heteroatoms. The van der Waals surface area contributed by atoms with Crippen LogP contribution >= 0.6 is 0 Å². The van der Waals surface area contributed by atoms with Crippen molar-refractivity contribution in [3.63, 3.8) is 0 Å². The maximum atomic E-state index is 11.1. The van der Waals surface area contributed by atoms with Crippen molar-refractivity contribution < 1.29 is 35.4 Å². The molecule has 0 aliphatic carbocycles. The molecule has 226 valence electrons. The standard InChI is InChI=1S/C35H39NO7/c37-17-2-3-26-20-25(16-18-43-26)36-21-24-8-6-22(7-9-24)10-14-29-27(13-11-23-12-15-30(38)32(40)19-23)28-4-1-5-31(39)33(28)35(42)34(29)41/h1,4-9,11-13,15,19,25-26,36-42H,2-3,10,14,16-18,20-21H2. The highest BCUT2D eigenvalue weighted by Crippen LogP contribution is 2.45. The minimum Gasteiger partial charge on any atom is -0.507 e. The number of nitrogens with one attached hydrogen (secondary N) is 1. The van der Waals surface area contributed by atoms with Gasteiger partial charge in [0.05, 0.1) is 11.5 Å². The van der Waals surface area contributed by atoms with Gasteiger partial charge in [-0.3, -0.25) is 0 Å². The van der Waals surface area contributed by atoms with E-state index >= 15 is 0 Å². The van der Waals surface area contributed by atoms with Gasteiger partial charge in [0.2, 0.25) is 0 Å². The monoisotopic (exact) mass is 585 g/mol. The number of benzene rings is 4. The van der Waals surface area contributed by atoms with Gasteiger partial charge in [-0.25, -0.2) is 0 Å². The molecule has 8 nitrogen and oxygen atoms in total. The van der Waals surface area contributed by atoms with Crippen LogP contribution in [0.2, 0.25) is 0 Å². The molecule has 0 spiro atoms. The predicted octanol–water partition coefficient (Wildman–Crippen LogP) is 5.73. The molecule has 0 amide bonds. The molecule has 0 aromatic heterocycles. The Morgan fingerprint density at radius 2 is 1.60 bits per heavy atom. The summed E-state index contributed by atoms with van der Waals surface area (Å²) in [6.45, 7) is 1.68. The SMILES string of the molecule is OCCCC1CC(NCc2ccc(CCc3c(O)c(O)c4c(O)cccc4c3C=Cc3ccc(O)c(O)c3)cc2)CCO1. The summed E-state index contributed by atoms with van der Waals surface area (Å²) in [4.78, 5) is 0. The summed E-state index contributed by atoms with van der Waals surface area (Å²) >= 11 is 0. The van der Waals surface area contributed by atoms with Gasteiger partial charge in [-0.1, -0.05) is 54.6 Å². The normalized spacial score (nSPS) is 17.1. The Bertz CT molecular complexity index is 1580. The first-order chi connectivity index (χ1) is 20.8. The number of aryl methyl sites for hydroxylation is 1. The molecule has 0 saturated carbocycles. The molecule has 2 atom stereocenters. The highest BCUT2D eigenvalue weighted by Gasteiger charge is 2.22. The summed E-state index contributed by atoms with van der Waals surface area (Å²) in [5.41, 5.74) is 4.06. The van der Waals surface area contributed by atoms with Crippen molar-refractivity contribution in [3.8, 4) is 28.7 Å². The van der Waals surface area contributed by atoms with Crippen molar-refractivity contribution in [2.24, 2.45) is 0 Å². The molecule has 43 heavy (non-hydrogen) atoms. The van der Waals surface area contributed by atoms with Gasteiger partial charge in [-0.2, -0.15) is 0 Å². The number of hydrogen-bond donors (Lipinski definition) is 7. The van der Waals surface area contributed by atoms with E-state index < -0.39 is 0 Å². The van der Waals surface area contributed by atoms with Crippen LogP contribution in [-0.4, -0.2) is 56.0 Å². The first kappa shape index (κ1) is 30.2. The van der Waals surface area contributed by atoms with Crippen molar-refractivity contribution in [2.75, 3.05) is 13.2 Å². The summed E-state index contributed by atoms with van der Waals surface area (Å²) < 4.78 is 5.82. The van der Waals surface area contributed by atoms with Crippen molar-refractivity contribution >= 4 is 22.9 Å². The molecular formula is C35H39NO7. The van der Waals surface area contributed by atoms with Crippen LogP contribution in [0, 0.1) is 0 Å². The first-order valence-corrected chi connectivity index (χ1v) is 14.8. The van der Waals surface area contributed by atoms with Gasteiger partial charge < -0.3 is 40.7 Å². The van der Waals surface area contributed by atoms with Crippen molar-refractivity contribution in [1.82, 2.24) is 5.32 Å². The lowest BCUT2D eigenvalue weighted by Crippen LogP contribution is -2.38. The highest BCUT2D eigenvalue weighted by molar-refractivity contribution is 6.03. The third kappa shape index (κ3) is 7.22. The fourth-order valence-electron chi connectivity index (χ4n) is 5.77. The van der Waals surface area contributed by atoms with Crippen LogP contribution in [0.4, 0.5) is 0 Å². The van der Waals surface area contributed by atoms with Gasteiger partial charge in [0.25, 0.3) is 0 Å². The minimum atomic E-state index is -0.365. The number of aliphatic hydroxyl groups is 1. The highest BCUT2D eigenvalue weighted by atomic mass is 16.5. The number of ether oxygens (including phenoxy) is 1. The van der Waals surface area contributed by atoms with E-state index in [0.717, 1.165) is 44.4 Å². The van der Waals surface area contributed by atoms with E-state index in [-0.39, 0.29) is 46.8 Å². The summed E-state index contributed by atoms with van der Waals surface area (Å²) in [5.74, 6) is -1.25. The Labute approximate surface area is 251 Å². The van der Waals surface area contributed by atoms with E-state index in [4.69, 9.17) is 9.84 Å². The Morgan fingerprint density at radius 1 is 0.814 bits per heavy atom. The Kier molecular flexibility index (Phi) is 9.72. The van der Waals surface area contributed by atoms with Gasteiger partial charge in [-0.05, 0) is 84.4 Å². The Balaban J connectivity index is 1.32. The molecule has 7 N–H and O–H groups in total. The van der Waals surface area contributed by atoms with Crippen LogP contribution in [0.25, 0.3) is 22.9 Å². The zero-order valence-corrected chi connectivity index (χ0v) is 24.0. The third-order valence-corrected chi connectivity index (χ3v) is 8.18. The lowest BCUT2D eigenvalue weighted by Gasteiger charge is -2.30. The number of hydrogen-bond acceptors (Lipinski definition) is 8. The molecule has 5 rings (SSSR count). The van der Waals surface area contributed by atoms with Gasteiger partial charge >= 0.3 is 0 Å². The number of aromatic hydroxyl groups is 5. The van der Waals surface area contributed by atoms with Gasteiger partial charge in [0, 0.05) is 31.4 Å². The zero-order valence-electron chi connectivity index (χ0n) is 24.0. The molecule has 1 heterocycles. The molecule has 4 aromatic rings. The molecule has 0 bridgehead atoms. The van der Waals surface area contributed by atoms with Gasteiger partial charge in [-0.15, -0.1) is 0 Å². The summed E-state index contributed by atoms with van der Waals surface area (Å²) in [7, 11) is 0. The van der Waals surface area contributed by atoms with Crippen LogP contribution in [0.3, 0.4) is 0 Å². The topological polar surface area (TPSA) is 143 Å². The van der Waals surface area contributed by atoms with E-state index in [2.05, 4.69) is 29.6 Å². The summed E-state index contributed by atoms with van der Waals surface area (Å²) in [5, 5.41) is 65.4. The summed E-state index contributed by atoms with van der Waals surface area (Å²) in [6, 6.07) is 18.1. The molecule has 4 aromatic carbocycles. The lowest BCUT2D eigenvalue weighted by atomic mass is 9.91. The van der Waals surface area contributed by atoms with Crippen LogP contribution in [0.15, 0.2) is 60.7 Å². The van der Waals surface area contributed by atoms with E-state index in [1.807, 2.05) is 0 Å². The Hall–Kier alpha value is -4.24. The molecular weight excluding hydrogens is 546 g/mol. The van der Waals surface area contributed by atoms with Crippen molar-refractivity contribution in [2.45, 2.75) is 57.2 Å². The fourth-order valence-corrected chi connectivity index (χ4v) is 5.77. The molecule has 1 aliphatic heterocycles. The van der Waals surface area contributed by atoms with E-state index in [1.54, 1.807) is 30.4 Å². The second-order valence-corrected chi connectivity index (χ2v) is 11.1.